The first-order chi connectivity index (χ1) is 9.00. The quantitative estimate of drug-likeness (QED) is 0.880. The second kappa shape index (κ2) is 5.40. The normalized spacial score (nSPS) is 23.2. The number of hydrogen-bond donors (Lipinski definition) is 1. The van der Waals surface area contributed by atoms with E-state index in [9.17, 15) is 9.59 Å². The molecule has 5 nitrogen and oxygen atoms in total. The summed E-state index contributed by atoms with van der Waals surface area (Å²) in [6.45, 7) is 4.95. The predicted octanol–water partition coefficient (Wildman–Crippen LogP) is 1.63. The van der Waals surface area contributed by atoms with Crippen LogP contribution >= 0.6 is 0 Å². The van der Waals surface area contributed by atoms with Crippen molar-refractivity contribution in [3.05, 3.63) is 35.4 Å². The Balaban J connectivity index is 2.20. The highest BCUT2D eigenvalue weighted by Crippen LogP contribution is 2.17. The average Bonchev–Trinajstić information content (AvgIpc) is 2.38. The van der Waals surface area contributed by atoms with E-state index < -0.39 is 5.97 Å². The third kappa shape index (κ3) is 2.76. The zero-order valence-electron chi connectivity index (χ0n) is 11.0. The van der Waals surface area contributed by atoms with Crippen LogP contribution < -0.4 is 0 Å². The maximum Gasteiger partial charge on any atom is 0.335 e. The van der Waals surface area contributed by atoms with Crippen LogP contribution in [0.2, 0.25) is 0 Å². The highest BCUT2D eigenvalue weighted by Gasteiger charge is 2.30. The highest BCUT2D eigenvalue weighted by molar-refractivity contribution is 5.96. The van der Waals surface area contributed by atoms with E-state index in [0.717, 1.165) is 0 Å². The maximum atomic E-state index is 12.4. The number of amides is 1. The van der Waals surface area contributed by atoms with Gasteiger partial charge < -0.3 is 14.7 Å². The van der Waals surface area contributed by atoms with Gasteiger partial charge in [-0.25, -0.2) is 4.79 Å². The number of carboxylic acid groups (broad SMARTS) is 1. The fraction of sp³-hybridized carbons (Fsp3) is 0.429. The zero-order valence-corrected chi connectivity index (χ0v) is 11.0. The minimum atomic E-state index is -0.993. The lowest BCUT2D eigenvalue weighted by Gasteiger charge is -2.38. The monoisotopic (exact) mass is 263 g/mol. The number of benzene rings is 1. The predicted molar refractivity (Wildman–Crippen MR) is 69.3 cm³/mol. The van der Waals surface area contributed by atoms with Crippen molar-refractivity contribution in [2.24, 2.45) is 0 Å². The van der Waals surface area contributed by atoms with Crippen LogP contribution in [0.25, 0.3) is 0 Å². The molecule has 1 aromatic carbocycles. The number of carbonyl (C=O) groups is 2. The first kappa shape index (κ1) is 13.5. The Labute approximate surface area is 111 Å². The van der Waals surface area contributed by atoms with Crippen molar-refractivity contribution in [2.45, 2.75) is 25.9 Å². The van der Waals surface area contributed by atoms with Crippen molar-refractivity contribution in [1.82, 2.24) is 4.90 Å². The maximum absolute atomic E-state index is 12.4. The van der Waals surface area contributed by atoms with E-state index in [2.05, 4.69) is 0 Å². The van der Waals surface area contributed by atoms with Crippen LogP contribution in [0, 0.1) is 0 Å². The number of carboxylic acids is 1. The summed E-state index contributed by atoms with van der Waals surface area (Å²) in [4.78, 5) is 25.0. The van der Waals surface area contributed by atoms with Gasteiger partial charge in [-0.05, 0) is 38.1 Å². The summed E-state index contributed by atoms with van der Waals surface area (Å²) in [6, 6.07) is 6.06. The van der Waals surface area contributed by atoms with Gasteiger partial charge in [-0.1, -0.05) is 0 Å². The fourth-order valence-corrected chi connectivity index (χ4v) is 2.31. The van der Waals surface area contributed by atoms with Crippen molar-refractivity contribution in [2.75, 3.05) is 13.2 Å². The Morgan fingerprint density at radius 3 is 2.05 bits per heavy atom. The molecule has 5 heteroatoms. The van der Waals surface area contributed by atoms with E-state index >= 15 is 0 Å². The molecule has 0 unspecified atom stereocenters. The number of ether oxygens (including phenoxy) is 1. The second-order valence-electron chi connectivity index (χ2n) is 4.83. The van der Waals surface area contributed by atoms with E-state index in [1.165, 1.54) is 12.1 Å². The van der Waals surface area contributed by atoms with E-state index in [1.807, 2.05) is 13.8 Å². The van der Waals surface area contributed by atoms with E-state index in [0.29, 0.717) is 18.8 Å². The topological polar surface area (TPSA) is 66.8 Å². The second-order valence-corrected chi connectivity index (χ2v) is 4.83. The van der Waals surface area contributed by atoms with Crippen LogP contribution in [0.15, 0.2) is 24.3 Å². The molecule has 1 aliphatic heterocycles. The molecule has 0 spiro atoms. The van der Waals surface area contributed by atoms with E-state index in [-0.39, 0.29) is 23.6 Å². The van der Waals surface area contributed by atoms with Gasteiger partial charge in [0.05, 0.1) is 30.9 Å². The molecule has 1 aromatic rings. The molecular formula is C14H17NO4. The number of carbonyl (C=O) groups excluding carboxylic acids is 1. The van der Waals surface area contributed by atoms with Gasteiger partial charge >= 0.3 is 5.97 Å². The lowest BCUT2D eigenvalue weighted by Crippen LogP contribution is -2.52. The van der Waals surface area contributed by atoms with Crippen molar-refractivity contribution in [1.29, 1.82) is 0 Å². The molecule has 1 N–H and O–H groups in total. The largest absolute Gasteiger partial charge is 0.478 e. The average molecular weight is 263 g/mol. The molecule has 1 aliphatic rings. The van der Waals surface area contributed by atoms with Crippen LogP contribution in [0.1, 0.15) is 34.6 Å². The lowest BCUT2D eigenvalue weighted by molar-refractivity contribution is -0.0249. The highest BCUT2D eigenvalue weighted by atomic mass is 16.5. The smallest absolute Gasteiger partial charge is 0.335 e. The van der Waals surface area contributed by atoms with Crippen molar-refractivity contribution < 1.29 is 19.4 Å². The molecule has 102 valence electrons. The molecule has 19 heavy (non-hydrogen) atoms. The van der Waals surface area contributed by atoms with Crippen LogP contribution in [-0.4, -0.2) is 47.2 Å². The van der Waals surface area contributed by atoms with E-state index in [1.54, 1.807) is 17.0 Å². The minimum Gasteiger partial charge on any atom is -0.478 e. The third-order valence-electron chi connectivity index (χ3n) is 3.28. The summed E-state index contributed by atoms with van der Waals surface area (Å²) in [6.07, 6.45) is 0. The van der Waals surface area contributed by atoms with Crippen LogP contribution in [0.5, 0.6) is 0 Å². The first-order valence-electron chi connectivity index (χ1n) is 6.24. The van der Waals surface area contributed by atoms with Crippen molar-refractivity contribution >= 4 is 11.9 Å². The van der Waals surface area contributed by atoms with Gasteiger partial charge in [0.1, 0.15) is 0 Å². The molecule has 0 aliphatic carbocycles. The zero-order chi connectivity index (χ0) is 14.0. The standard InChI is InChI=1S/C14H17NO4/c1-9-7-19-8-10(2)15(9)13(16)11-3-5-12(6-4-11)14(17)18/h3-6,9-10H,7-8H2,1-2H3,(H,17,18)/t9-,10-/m1/s1. The van der Waals surface area contributed by atoms with Gasteiger partial charge in [0, 0.05) is 5.56 Å². The Bertz CT molecular complexity index is 473. The first-order valence-corrected chi connectivity index (χ1v) is 6.24. The summed E-state index contributed by atoms with van der Waals surface area (Å²) in [7, 11) is 0. The summed E-state index contributed by atoms with van der Waals surface area (Å²) >= 11 is 0. The Kier molecular flexibility index (Phi) is 3.85. The molecule has 2 rings (SSSR count). The summed E-state index contributed by atoms with van der Waals surface area (Å²) in [5.74, 6) is -1.08. The summed E-state index contributed by atoms with van der Waals surface area (Å²) in [5.41, 5.74) is 0.685. The minimum absolute atomic E-state index is 0.0235. The molecule has 2 atom stereocenters. The SMILES string of the molecule is C[C@@H]1COC[C@@H](C)N1C(=O)c1ccc(C(=O)O)cc1. The third-order valence-corrected chi connectivity index (χ3v) is 3.28. The van der Waals surface area contributed by atoms with Gasteiger partial charge in [-0.15, -0.1) is 0 Å². The van der Waals surface area contributed by atoms with Gasteiger partial charge in [-0.2, -0.15) is 0 Å². The molecule has 1 amide bonds. The Hall–Kier alpha value is -1.88. The number of nitrogens with zero attached hydrogens (tertiary/aromatic N) is 1. The number of rotatable bonds is 2. The van der Waals surface area contributed by atoms with Crippen LogP contribution in [0.3, 0.4) is 0 Å². The number of morpholine rings is 1. The molecule has 1 saturated heterocycles. The lowest BCUT2D eigenvalue weighted by atomic mass is 10.1. The molecular weight excluding hydrogens is 246 g/mol. The van der Waals surface area contributed by atoms with Crippen molar-refractivity contribution in [3.8, 4) is 0 Å². The Morgan fingerprint density at radius 2 is 1.58 bits per heavy atom. The molecule has 0 saturated carbocycles. The van der Waals surface area contributed by atoms with Gasteiger partial charge in [0.25, 0.3) is 5.91 Å². The number of hydrogen-bond acceptors (Lipinski definition) is 3. The molecule has 0 radical (unpaired) electrons. The van der Waals surface area contributed by atoms with E-state index in [4.69, 9.17) is 9.84 Å². The van der Waals surface area contributed by atoms with Gasteiger partial charge in [0.2, 0.25) is 0 Å². The van der Waals surface area contributed by atoms with Crippen LogP contribution in [0.4, 0.5) is 0 Å². The fourth-order valence-electron chi connectivity index (χ4n) is 2.31. The Morgan fingerprint density at radius 1 is 1.11 bits per heavy atom. The summed E-state index contributed by atoms with van der Waals surface area (Å²) < 4.78 is 5.39. The molecule has 0 aromatic heterocycles. The molecule has 1 heterocycles. The van der Waals surface area contributed by atoms with Gasteiger partial charge in [0.15, 0.2) is 0 Å². The molecule has 1 fully saturated rings. The van der Waals surface area contributed by atoms with Gasteiger partial charge in [-0.3, -0.25) is 4.79 Å². The summed E-state index contributed by atoms with van der Waals surface area (Å²) in [5, 5.41) is 8.84. The van der Waals surface area contributed by atoms with Crippen molar-refractivity contribution in [3.63, 3.8) is 0 Å². The van der Waals surface area contributed by atoms with Crippen LogP contribution in [-0.2, 0) is 4.74 Å². The number of aromatic carboxylic acids is 1. The molecule has 0 bridgehead atoms.